The molecule has 8 heteroatoms. The van der Waals surface area contributed by atoms with E-state index in [0.717, 1.165) is 46.0 Å². The number of thiazole rings is 1. The Labute approximate surface area is 144 Å². The van der Waals surface area contributed by atoms with E-state index in [9.17, 15) is 17.9 Å². The molecule has 1 aliphatic carbocycles. The van der Waals surface area contributed by atoms with Crippen molar-refractivity contribution in [1.82, 2.24) is 4.98 Å². The largest absolute Gasteiger partial charge is 0.506 e. The Kier molecular flexibility index (Phi) is 4.52. The molecule has 1 aromatic carbocycles. The van der Waals surface area contributed by atoms with Gasteiger partial charge in [-0.05, 0) is 56.4 Å². The van der Waals surface area contributed by atoms with Crippen LogP contribution in [0.5, 0.6) is 5.75 Å². The molecular weight excluding hydrogens is 351 g/mol. The summed E-state index contributed by atoms with van der Waals surface area (Å²) in [6.07, 6.45) is 1.28. The molecule has 2 aromatic rings. The molecule has 130 valence electrons. The first kappa shape index (κ1) is 17.2. The first-order valence-electron chi connectivity index (χ1n) is 7.72. The second-order valence-corrected chi connectivity index (χ2v) is 8.93. The van der Waals surface area contributed by atoms with Crippen LogP contribution in [0.15, 0.2) is 21.9 Å². The van der Waals surface area contributed by atoms with Crippen LogP contribution in [0.2, 0.25) is 0 Å². The van der Waals surface area contributed by atoms with Crippen molar-refractivity contribution >= 4 is 27.0 Å². The third-order valence-electron chi connectivity index (χ3n) is 3.98. The van der Waals surface area contributed by atoms with Crippen LogP contribution in [0.1, 0.15) is 30.2 Å². The molecule has 0 saturated carbocycles. The van der Waals surface area contributed by atoms with Gasteiger partial charge in [-0.3, -0.25) is 4.31 Å². The monoisotopic (exact) mass is 370 g/mol. The van der Waals surface area contributed by atoms with Crippen LogP contribution >= 0.6 is 11.3 Å². The Morgan fingerprint density at radius 3 is 2.62 bits per heavy atom. The minimum absolute atomic E-state index is 0.0967. The third kappa shape index (κ3) is 3.12. The molecule has 5 nitrogen and oxygen atoms in total. The summed E-state index contributed by atoms with van der Waals surface area (Å²) < 4.78 is 40.4. The van der Waals surface area contributed by atoms with Gasteiger partial charge >= 0.3 is 0 Å². The van der Waals surface area contributed by atoms with Crippen molar-refractivity contribution in [2.45, 2.75) is 43.6 Å². The van der Waals surface area contributed by atoms with Crippen molar-refractivity contribution in [3.05, 3.63) is 34.3 Å². The summed E-state index contributed by atoms with van der Waals surface area (Å²) in [4.78, 5) is 4.02. The molecule has 3 rings (SSSR count). The van der Waals surface area contributed by atoms with Crippen molar-refractivity contribution in [1.29, 1.82) is 0 Å². The van der Waals surface area contributed by atoms with Crippen LogP contribution in [0.4, 0.5) is 10.1 Å². The number of fused-ring (bicyclic) bond motifs is 1. The number of phenols is 1. The molecule has 0 aliphatic heterocycles. The van der Waals surface area contributed by atoms with Crippen molar-refractivity contribution < 1.29 is 17.9 Å². The lowest BCUT2D eigenvalue weighted by Crippen LogP contribution is -2.35. The lowest BCUT2D eigenvalue weighted by molar-refractivity contribution is 0.369. The normalized spacial score (nSPS) is 15.3. The quantitative estimate of drug-likeness (QED) is 0.877. The number of anilines is 1. The molecule has 0 bridgehead atoms. The second-order valence-electron chi connectivity index (χ2n) is 6.03. The molecule has 1 atom stereocenters. The van der Waals surface area contributed by atoms with E-state index in [1.807, 2.05) is 0 Å². The zero-order chi connectivity index (χ0) is 17.5. The zero-order valence-electron chi connectivity index (χ0n) is 13.5. The summed E-state index contributed by atoms with van der Waals surface area (Å²) in [5.41, 5.74) is 2.73. The van der Waals surface area contributed by atoms with E-state index >= 15 is 0 Å². The number of nitrogens with zero attached hydrogens (tertiary/aromatic N) is 2. The van der Waals surface area contributed by atoms with Gasteiger partial charge in [0.25, 0.3) is 10.0 Å². The standard InChI is InChI=1S/C16H19FN2O3S2/c1-10(17)8-19(24(21,22)16-18-11(2)9-23-16)14-6-12-4-3-5-13(12)7-15(14)20/h6-7,9-10,20H,3-5,8H2,1-2H3. The topological polar surface area (TPSA) is 70.5 Å². The number of halogens is 1. The highest BCUT2D eigenvalue weighted by molar-refractivity contribution is 7.94. The SMILES string of the molecule is Cc1csc(S(=O)(=O)N(CC(C)F)c2cc3c(cc2O)CCC3)n1. The number of rotatable bonds is 5. The Bertz CT molecular complexity index is 862. The Hall–Kier alpha value is -1.67. The van der Waals surface area contributed by atoms with Crippen LogP contribution in [0.25, 0.3) is 0 Å². The van der Waals surface area contributed by atoms with Gasteiger partial charge in [0.15, 0.2) is 0 Å². The van der Waals surface area contributed by atoms with E-state index in [1.165, 1.54) is 6.92 Å². The summed E-state index contributed by atoms with van der Waals surface area (Å²) in [6, 6.07) is 3.26. The van der Waals surface area contributed by atoms with Crippen LogP contribution in [0.3, 0.4) is 0 Å². The van der Waals surface area contributed by atoms with E-state index in [0.29, 0.717) is 5.69 Å². The first-order valence-corrected chi connectivity index (χ1v) is 10.0. The molecule has 24 heavy (non-hydrogen) atoms. The lowest BCUT2D eigenvalue weighted by Gasteiger charge is -2.25. The molecule has 1 aliphatic rings. The fraction of sp³-hybridized carbons (Fsp3) is 0.438. The van der Waals surface area contributed by atoms with E-state index in [2.05, 4.69) is 4.98 Å². The Balaban J connectivity index is 2.11. The fourth-order valence-electron chi connectivity index (χ4n) is 2.90. The maximum absolute atomic E-state index is 13.7. The van der Waals surface area contributed by atoms with Gasteiger partial charge in [-0.2, -0.15) is 8.42 Å². The molecule has 1 heterocycles. The van der Waals surface area contributed by atoms with Gasteiger partial charge in [0.05, 0.1) is 12.2 Å². The van der Waals surface area contributed by atoms with Crippen molar-refractivity contribution in [2.75, 3.05) is 10.8 Å². The van der Waals surface area contributed by atoms with Gasteiger partial charge in [0.2, 0.25) is 4.34 Å². The lowest BCUT2D eigenvalue weighted by atomic mass is 10.1. The van der Waals surface area contributed by atoms with E-state index in [1.54, 1.807) is 24.4 Å². The second kappa shape index (κ2) is 6.33. The van der Waals surface area contributed by atoms with Crippen LogP contribution in [0, 0.1) is 6.92 Å². The van der Waals surface area contributed by atoms with Crippen LogP contribution < -0.4 is 4.31 Å². The van der Waals surface area contributed by atoms with Crippen molar-refractivity contribution in [3.8, 4) is 5.75 Å². The van der Waals surface area contributed by atoms with E-state index in [-0.39, 0.29) is 22.3 Å². The number of aromatic nitrogens is 1. The number of aromatic hydroxyl groups is 1. The highest BCUT2D eigenvalue weighted by Gasteiger charge is 2.32. The molecule has 0 fully saturated rings. The van der Waals surface area contributed by atoms with Crippen LogP contribution in [-0.4, -0.2) is 31.2 Å². The maximum atomic E-state index is 13.7. The number of aryl methyl sites for hydroxylation is 3. The molecule has 0 radical (unpaired) electrons. The molecule has 1 aromatic heterocycles. The molecule has 1 N–H and O–H groups in total. The first-order chi connectivity index (χ1) is 11.3. The van der Waals surface area contributed by atoms with Gasteiger partial charge in [0, 0.05) is 11.1 Å². The van der Waals surface area contributed by atoms with Crippen molar-refractivity contribution in [2.24, 2.45) is 0 Å². The van der Waals surface area contributed by atoms with Gasteiger partial charge in [0.1, 0.15) is 11.9 Å². The van der Waals surface area contributed by atoms with Gasteiger partial charge in [-0.25, -0.2) is 9.37 Å². The molecule has 0 spiro atoms. The number of hydrogen-bond acceptors (Lipinski definition) is 5. The van der Waals surface area contributed by atoms with Crippen molar-refractivity contribution in [3.63, 3.8) is 0 Å². The highest BCUT2D eigenvalue weighted by Crippen LogP contribution is 2.38. The number of sulfonamides is 1. The highest BCUT2D eigenvalue weighted by atomic mass is 32.2. The van der Waals surface area contributed by atoms with Gasteiger partial charge in [-0.1, -0.05) is 0 Å². The van der Waals surface area contributed by atoms with Gasteiger partial charge < -0.3 is 5.11 Å². The van der Waals surface area contributed by atoms with E-state index < -0.39 is 16.2 Å². The molecular formula is C16H19FN2O3S2. The average molecular weight is 370 g/mol. The summed E-state index contributed by atoms with van der Waals surface area (Å²) in [7, 11) is -4.03. The molecule has 1 unspecified atom stereocenters. The smallest absolute Gasteiger partial charge is 0.291 e. The average Bonchev–Trinajstić information content (AvgIpc) is 3.12. The fourth-order valence-corrected chi connectivity index (χ4v) is 5.57. The number of phenolic OH excluding ortho intramolecular Hbond substituents is 1. The third-order valence-corrected chi connectivity index (χ3v) is 7.11. The molecule has 0 saturated heterocycles. The van der Waals surface area contributed by atoms with Gasteiger partial charge in [-0.15, -0.1) is 11.3 Å². The molecule has 0 amide bonds. The maximum Gasteiger partial charge on any atom is 0.291 e. The summed E-state index contributed by atoms with van der Waals surface area (Å²) in [5, 5.41) is 12.0. The Morgan fingerprint density at radius 2 is 2.04 bits per heavy atom. The van der Waals surface area contributed by atoms with E-state index in [4.69, 9.17) is 0 Å². The predicted molar refractivity (Wildman–Crippen MR) is 92.1 cm³/mol. The minimum atomic E-state index is -4.03. The predicted octanol–water partition coefficient (Wildman–Crippen LogP) is 3.20. The summed E-state index contributed by atoms with van der Waals surface area (Å²) in [5.74, 6) is -0.145. The zero-order valence-corrected chi connectivity index (χ0v) is 15.1. The summed E-state index contributed by atoms with van der Waals surface area (Å²) in [6.45, 7) is 2.62. The number of alkyl halides is 1. The Morgan fingerprint density at radius 1 is 1.38 bits per heavy atom. The number of benzene rings is 1. The minimum Gasteiger partial charge on any atom is -0.506 e. The summed E-state index contributed by atoms with van der Waals surface area (Å²) >= 11 is 0.993. The number of hydrogen-bond donors (Lipinski definition) is 1. The van der Waals surface area contributed by atoms with Crippen LogP contribution in [-0.2, 0) is 22.9 Å².